The summed E-state index contributed by atoms with van der Waals surface area (Å²) in [6, 6.07) is 21.9. The molecule has 1 aliphatic heterocycles. The Morgan fingerprint density at radius 3 is 1.05 bits per heavy atom. The molecule has 1 aliphatic rings. The van der Waals surface area contributed by atoms with Crippen LogP contribution < -0.4 is 0 Å². The molecule has 22 heavy (non-hydrogen) atoms. The second kappa shape index (κ2) is 5.91. The van der Waals surface area contributed by atoms with Gasteiger partial charge in [0.2, 0.25) is 0 Å². The van der Waals surface area contributed by atoms with Crippen LogP contribution in [-0.2, 0) is 9.47 Å². The number of rotatable bonds is 0. The van der Waals surface area contributed by atoms with E-state index in [2.05, 4.69) is 60.7 Å². The molecule has 5 rings (SSSR count). The fraction of sp³-hybridized carbons (Fsp3) is 0.200. The van der Waals surface area contributed by atoms with Crippen LogP contribution >= 0.6 is 0 Å². The van der Waals surface area contributed by atoms with Crippen molar-refractivity contribution in [3.8, 4) is 0 Å². The van der Waals surface area contributed by atoms with Crippen molar-refractivity contribution in [1.29, 1.82) is 0 Å². The third-order valence-electron chi connectivity index (χ3n) is 4.14. The Morgan fingerprint density at radius 1 is 0.455 bits per heavy atom. The lowest BCUT2D eigenvalue weighted by Gasteiger charge is -2.09. The van der Waals surface area contributed by atoms with Gasteiger partial charge in [-0.15, -0.1) is 0 Å². The van der Waals surface area contributed by atoms with Crippen LogP contribution in [0.1, 0.15) is 0 Å². The highest BCUT2D eigenvalue weighted by molar-refractivity contribution is 6.22. The first kappa shape index (κ1) is 13.5. The monoisotopic (exact) mass is 290 g/mol. The third kappa shape index (κ3) is 2.41. The van der Waals surface area contributed by atoms with E-state index < -0.39 is 0 Å². The van der Waals surface area contributed by atoms with E-state index in [1.165, 1.54) is 32.3 Å². The lowest BCUT2D eigenvalue weighted by atomic mass is 9.95. The summed E-state index contributed by atoms with van der Waals surface area (Å²) < 4.78 is 9.89. The van der Waals surface area contributed by atoms with E-state index in [0.717, 1.165) is 26.4 Å². The van der Waals surface area contributed by atoms with Crippen LogP contribution in [0, 0.1) is 0 Å². The van der Waals surface area contributed by atoms with Crippen LogP contribution in [0.15, 0.2) is 60.7 Å². The summed E-state index contributed by atoms with van der Waals surface area (Å²) in [5, 5.41) is 8.14. The molecular formula is C20H18O2. The molecule has 0 atom stereocenters. The Kier molecular flexibility index (Phi) is 3.63. The van der Waals surface area contributed by atoms with Crippen LogP contribution in [0.3, 0.4) is 0 Å². The Hall–Kier alpha value is -2.16. The average Bonchev–Trinajstić information content (AvgIpc) is 2.62. The first-order valence-corrected chi connectivity index (χ1v) is 7.71. The lowest BCUT2D eigenvalue weighted by Crippen LogP contribution is -2.16. The third-order valence-corrected chi connectivity index (χ3v) is 4.14. The Labute approximate surface area is 129 Å². The van der Waals surface area contributed by atoms with Crippen molar-refractivity contribution < 1.29 is 9.47 Å². The van der Waals surface area contributed by atoms with Crippen LogP contribution in [0.5, 0.6) is 0 Å². The summed E-state index contributed by atoms with van der Waals surface area (Å²) in [5.41, 5.74) is 0. The molecule has 1 heterocycles. The van der Waals surface area contributed by atoms with E-state index in [1.54, 1.807) is 0 Å². The molecule has 0 N–H and O–H groups in total. The van der Waals surface area contributed by atoms with Crippen molar-refractivity contribution in [2.45, 2.75) is 0 Å². The number of hydrogen-bond donors (Lipinski definition) is 0. The minimum atomic E-state index is 0.778. The van der Waals surface area contributed by atoms with Crippen LogP contribution in [-0.4, -0.2) is 26.4 Å². The largest absolute Gasteiger partial charge is 0.377 e. The quantitative estimate of drug-likeness (QED) is 0.440. The molecule has 2 nitrogen and oxygen atoms in total. The summed E-state index contributed by atoms with van der Waals surface area (Å²) in [5.74, 6) is 0. The molecule has 0 spiro atoms. The lowest BCUT2D eigenvalue weighted by molar-refractivity contribution is -0.0334. The van der Waals surface area contributed by atoms with Crippen molar-refractivity contribution in [1.82, 2.24) is 0 Å². The van der Waals surface area contributed by atoms with E-state index in [-0.39, 0.29) is 0 Å². The second-order valence-corrected chi connectivity index (χ2v) is 5.51. The zero-order chi connectivity index (χ0) is 14.8. The zero-order valence-corrected chi connectivity index (χ0v) is 12.4. The van der Waals surface area contributed by atoms with Gasteiger partial charge in [0.15, 0.2) is 0 Å². The van der Waals surface area contributed by atoms with E-state index in [4.69, 9.17) is 9.47 Å². The van der Waals surface area contributed by atoms with Crippen molar-refractivity contribution in [2.75, 3.05) is 26.4 Å². The Bertz CT molecular complexity index is 752. The van der Waals surface area contributed by atoms with E-state index in [9.17, 15) is 0 Å². The molecule has 0 saturated carbocycles. The number of ether oxygens (including phenoxy) is 2. The molecule has 1 fully saturated rings. The fourth-order valence-electron chi connectivity index (χ4n) is 3.11. The van der Waals surface area contributed by atoms with Gasteiger partial charge in [-0.1, -0.05) is 60.7 Å². The molecule has 0 aromatic heterocycles. The highest BCUT2D eigenvalue weighted by Gasteiger charge is 2.05. The second-order valence-electron chi connectivity index (χ2n) is 5.51. The van der Waals surface area contributed by atoms with Crippen LogP contribution in [0.25, 0.3) is 32.3 Å². The highest BCUT2D eigenvalue weighted by Crippen LogP contribution is 2.33. The molecule has 0 bridgehead atoms. The summed E-state index contributed by atoms with van der Waals surface area (Å²) in [6.07, 6.45) is 0. The molecule has 0 radical (unpaired) electrons. The van der Waals surface area contributed by atoms with Gasteiger partial charge in [0.1, 0.15) is 0 Å². The van der Waals surface area contributed by atoms with Gasteiger partial charge in [-0.3, -0.25) is 0 Å². The van der Waals surface area contributed by atoms with Crippen LogP contribution in [0.4, 0.5) is 0 Å². The molecule has 4 aromatic rings. The van der Waals surface area contributed by atoms with Gasteiger partial charge in [-0.25, -0.2) is 0 Å². The van der Waals surface area contributed by atoms with Crippen LogP contribution in [0.2, 0.25) is 0 Å². The molecule has 0 amide bonds. The van der Waals surface area contributed by atoms with Gasteiger partial charge < -0.3 is 9.47 Å². The maximum atomic E-state index is 4.94. The maximum Gasteiger partial charge on any atom is 0.0701 e. The van der Waals surface area contributed by atoms with Gasteiger partial charge >= 0.3 is 0 Å². The van der Waals surface area contributed by atoms with Gasteiger partial charge in [0, 0.05) is 0 Å². The molecule has 0 unspecified atom stereocenters. The predicted molar refractivity (Wildman–Crippen MR) is 91.8 cm³/mol. The first-order chi connectivity index (χ1) is 10.9. The Morgan fingerprint density at radius 2 is 0.773 bits per heavy atom. The zero-order valence-electron chi connectivity index (χ0n) is 12.4. The highest BCUT2D eigenvalue weighted by atomic mass is 16.6. The fourth-order valence-corrected chi connectivity index (χ4v) is 3.11. The smallest absolute Gasteiger partial charge is 0.0701 e. The van der Waals surface area contributed by atoms with Crippen molar-refractivity contribution >= 4 is 32.3 Å². The van der Waals surface area contributed by atoms with E-state index in [1.807, 2.05) is 0 Å². The topological polar surface area (TPSA) is 18.5 Å². The van der Waals surface area contributed by atoms with Crippen molar-refractivity contribution in [3.05, 3.63) is 60.7 Å². The minimum Gasteiger partial charge on any atom is -0.377 e. The van der Waals surface area contributed by atoms with Gasteiger partial charge in [-0.2, -0.15) is 0 Å². The van der Waals surface area contributed by atoms with Gasteiger partial charge in [0.05, 0.1) is 26.4 Å². The molecular weight excluding hydrogens is 272 g/mol. The number of benzene rings is 4. The molecule has 4 aromatic carbocycles. The van der Waals surface area contributed by atoms with E-state index >= 15 is 0 Å². The van der Waals surface area contributed by atoms with Gasteiger partial charge in [-0.05, 0) is 32.3 Å². The molecule has 2 heteroatoms. The molecule has 0 aliphatic carbocycles. The van der Waals surface area contributed by atoms with Crippen molar-refractivity contribution in [3.63, 3.8) is 0 Å². The predicted octanol–water partition coefficient (Wildman–Crippen LogP) is 4.62. The average molecular weight is 290 g/mol. The standard InChI is InChI=1S/C16H10.C4H8O2/c1-3-11-7-9-13-5-2-6-14-10-8-12(4-1)15(11)16(13)14;1-2-6-4-3-5-1/h1-10H;1-4H2. The molecule has 110 valence electrons. The Balaban J connectivity index is 0.000000177. The normalized spacial score (nSPS) is 15.1. The van der Waals surface area contributed by atoms with Gasteiger partial charge in [0.25, 0.3) is 0 Å². The summed E-state index contributed by atoms with van der Waals surface area (Å²) in [4.78, 5) is 0. The SMILES string of the molecule is C1COCCO1.c1cc2ccc3cccc4ccc(c1)c2c34. The summed E-state index contributed by atoms with van der Waals surface area (Å²) in [6.45, 7) is 3.11. The number of hydrogen-bond acceptors (Lipinski definition) is 2. The van der Waals surface area contributed by atoms with E-state index in [0.29, 0.717) is 0 Å². The molecule has 1 saturated heterocycles. The first-order valence-electron chi connectivity index (χ1n) is 7.71. The summed E-state index contributed by atoms with van der Waals surface area (Å²) in [7, 11) is 0. The summed E-state index contributed by atoms with van der Waals surface area (Å²) >= 11 is 0. The van der Waals surface area contributed by atoms with Crippen molar-refractivity contribution in [2.24, 2.45) is 0 Å². The minimum absolute atomic E-state index is 0.778. The maximum absolute atomic E-state index is 4.94.